The second-order valence-electron chi connectivity index (χ2n) is 15.0. The van der Waals surface area contributed by atoms with Gasteiger partial charge < -0.3 is 14.1 Å². The summed E-state index contributed by atoms with van der Waals surface area (Å²) in [4.78, 5) is 39.2. The molecule has 1 aromatic carbocycles. The van der Waals surface area contributed by atoms with Gasteiger partial charge in [-0.05, 0) is 93.6 Å². The van der Waals surface area contributed by atoms with E-state index in [1.54, 1.807) is 36.5 Å². The van der Waals surface area contributed by atoms with Crippen molar-refractivity contribution in [1.29, 1.82) is 0 Å². The summed E-state index contributed by atoms with van der Waals surface area (Å²) < 4.78 is 13.1. The molecule has 1 aliphatic heterocycles. The lowest BCUT2D eigenvalue weighted by Crippen LogP contribution is -2.50. The summed E-state index contributed by atoms with van der Waals surface area (Å²) in [6.45, 7) is 17.1. The standard InChI is InChI=1S/C36H48Cl2N4O4Si/c1-35(2,3)45-34(44)42-28(16-17-29(42)32(27-15-19-31(38)40-22-27)46-47(8,9)36(4,5)6)20-24-10-13-26(14-11-24)33(43)41(7)23-25-12-18-30(37)39-21-25/h10-15,18-19,21-22,28-29,32H,16-17,20,23H2,1-9H3. The van der Waals surface area contributed by atoms with Gasteiger partial charge in [0.05, 0.1) is 12.1 Å². The lowest BCUT2D eigenvalue weighted by atomic mass is 10.0. The first-order chi connectivity index (χ1) is 21.8. The molecule has 3 heterocycles. The van der Waals surface area contributed by atoms with E-state index >= 15 is 0 Å². The van der Waals surface area contributed by atoms with Crippen LogP contribution in [0.25, 0.3) is 0 Å². The highest BCUT2D eigenvalue weighted by atomic mass is 35.5. The fraction of sp³-hybridized carbons (Fsp3) is 0.500. The molecule has 0 N–H and O–H groups in total. The summed E-state index contributed by atoms with van der Waals surface area (Å²) in [5, 5.41) is 0.778. The molecule has 254 valence electrons. The van der Waals surface area contributed by atoms with Crippen LogP contribution < -0.4 is 0 Å². The summed E-state index contributed by atoms with van der Waals surface area (Å²) >= 11 is 12.1. The number of halogens is 2. The normalized spacial score (nSPS) is 17.8. The largest absolute Gasteiger partial charge is 0.444 e. The average Bonchev–Trinajstić information content (AvgIpc) is 3.39. The highest BCUT2D eigenvalue weighted by Gasteiger charge is 2.47. The Labute approximate surface area is 290 Å². The van der Waals surface area contributed by atoms with Crippen LogP contribution in [0.3, 0.4) is 0 Å². The highest BCUT2D eigenvalue weighted by Crippen LogP contribution is 2.44. The molecule has 11 heteroatoms. The number of pyridine rings is 2. The van der Waals surface area contributed by atoms with Gasteiger partial charge >= 0.3 is 6.09 Å². The maximum absolute atomic E-state index is 14.0. The molecule has 3 aromatic rings. The third-order valence-corrected chi connectivity index (χ3v) is 13.9. The quantitative estimate of drug-likeness (QED) is 0.164. The zero-order valence-electron chi connectivity index (χ0n) is 29.0. The number of nitrogens with zero attached hydrogens (tertiary/aromatic N) is 4. The molecular formula is C36H48Cl2N4O4Si. The average molecular weight is 700 g/mol. The van der Waals surface area contributed by atoms with Crippen LogP contribution >= 0.6 is 23.2 Å². The van der Waals surface area contributed by atoms with E-state index in [0.29, 0.717) is 28.8 Å². The molecule has 0 bridgehead atoms. The molecule has 0 saturated carbocycles. The summed E-state index contributed by atoms with van der Waals surface area (Å²) in [7, 11) is -0.513. The molecule has 1 saturated heterocycles. The van der Waals surface area contributed by atoms with Gasteiger partial charge in [-0.25, -0.2) is 14.8 Å². The van der Waals surface area contributed by atoms with Gasteiger partial charge in [-0.2, -0.15) is 0 Å². The van der Waals surface area contributed by atoms with Crippen LogP contribution in [0.1, 0.15) is 87.5 Å². The van der Waals surface area contributed by atoms with Crippen LogP contribution in [0.2, 0.25) is 28.4 Å². The Morgan fingerprint density at radius 2 is 1.51 bits per heavy atom. The first-order valence-corrected chi connectivity index (χ1v) is 19.8. The number of hydrogen-bond acceptors (Lipinski definition) is 6. The Bertz CT molecular complexity index is 1520. The molecule has 1 aliphatic rings. The van der Waals surface area contributed by atoms with Gasteiger partial charge in [0.1, 0.15) is 15.9 Å². The van der Waals surface area contributed by atoms with E-state index in [1.807, 2.05) is 62.1 Å². The molecule has 47 heavy (non-hydrogen) atoms. The number of benzene rings is 1. The van der Waals surface area contributed by atoms with Crippen molar-refractivity contribution in [2.45, 2.75) is 109 Å². The van der Waals surface area contributed by atoms with E-state index in [9.17, 15) is 9.59 Å². The van der Waals surface area contributed by atoms with Crippen LogP contribution in [-0.4, -0.2) is 64.8 Å². The lowest BCUT2D eigenvalue weighted by molar-refractivity contribution is -0.00244. The first-order valence-electron chi connectivity index (χ1n) is 16.1. The van der Waals surface area contributed by atoms with Crippen LogP contribution in [0.15, 0.2) is 60.9 Å². The van der Waals surface area contributed by atoms with Gasteiger partial charge in [-0.1, -0.05) is 68.2 Å². The fourth-order valence-corrected chi connectivity index (χ4v) is 7.05. The second-order valence-corrected chi connectivity index (χ2v) is 20.5. The molecule has 3 unspecified atom stereocenters. The lowest BCUT2D eigenvalue weighted by Gasteiger charge is -2.43. The Morgan fingerprint density at radius 1 is 0.915 bits per heavy atom. The van der Waals surface area contributed by atoms with Crippen molar-refractivity contribution in [2.24, 2.45) is 0 Å². The van der Waals surface area contributed by atoms with E-state index in [-0.39, 0.29) is 29.1 Å². The van der Waals surface area contributed by atoms with E-state index in [0.717, 1.165) is 29.5 Å². The molecule has 0 aliphatic carbocycles. The van der Waals surface area contributed by atoms with E-state index in [1.165, 1.54) is 0 Å². The number of carbonyl (C=O) groups excluding carboxylic acids is 2. The van der Waals surface area contributed by atoms with Crippen LogP contribution in [-0.2, 0) is 22.1 Å². The van der Waals surface area contributed by atoms with Gasteiger partial charge in [0.2, 0.25) is 0 Å². The Balaban J connectivity index is 1.59. The van der Waals surface area contributed by atoms with Crippen molar-refractivity contribution in [3.05, 3.63) is 93.5 Å². The van der Waals surface area contributed by atoms with E-state index in [2.05, 4.69) is 43.8 Å². The van der Waals surface area contributed by atoms with Crippen molar-refractivity contribution in [2.75, 3.05) is 7.05 Å². The van der Waals surface area contributed by atoms with Crippen LogP contribution in [0.5, 0.6) is 0 Å². The summed E-state index contributed by atoms with van der Waals surface area (Å²) in [5.41, 5.74) is 2.73. The summed E-state index contributed by atoms with van der Waals surface area (Å²) in [6, 6.07) is 14.6. The molecule has 2 aromatic heterocycles. The number of rotatable bonds is 9. The van der Waals surface area contributed by atoms with Crippen molar-refractivity contribution in [3.63, 3.8) is 0 Å². The predicted molar refractivity (Wildman–Crippen MR) is 190 cm³/mol. The number of carbonyl (C=O) groups is 2. The minimum absolute atomic E-state index is 0.0428. The van der Waals surface area contributed by atoms with Crippen molar-refractivity contribution < 1.29 is 18.8 Å². The Hall–Kier alpha value is -2.98. The Kier molecular flexibility index (Phi) is 11.5. The molecule has 0 spiro atoms. The van der Waals surface area contributed by atoms with Crippen molar-refractivity contribution in [1.82, 2.24) is 19.8 Å². The summed E-state index contributed by atoms with van der Waals surface area (Å²) in [5.74, 6) is -0.0926. The first kappa shape index (κ1) is 36.8. The van der Waals surface area contributed by atoms with Gasteiger partial charge in [0.15, 0.2) is 8.32 Å². The van der Waals surface area contributed by atoms with Crippen molar-refractivity contribution >= 4 is 43.5 Å². The third kappa shape index (κ3) is 9.56. The maximum atomic E-state index is 14.0. The number of ether oxygens (including phenoxy) is 1. The van der Waals surface area contributed by atoms with Gasteiger partial charge in [-0.15, -0.1) is 0 Å². The molecule has 4 rings (SSSR count). The zero-order valence-corrected chi connectivity index (χ0v) is 31.5. The minimum Gasteiger partial charge on any atom is -0.444 e. The second kappa shape index (κ2) is 14.6. The molecular weight excluding hydrogens is 651 g/mol. The predicted octanol–water partition coefficient (Wildman–Crippen LogP) is 9.13. The SMILES string of the molecule is CN(Cc1ccc(Cl)nc1)C(=O)c1ccc(CC2CCC(C(O[Si](C)(C)C(C)(C)C)c3ccc(Cl)nc3)N2C(=O)OC(C)(C)C)cc1. The number of aromatic nitrogens is 2. The Morgan fingerprint density at radius 3 is 2.04 bits per heavy atom. The molecule has 3 atom stereocenters. The third-order valence-electron chi connectivity index (χ3n) is 9.03. The van der Waals surface area contributed by atoms with E-state index in [4.69, 9.17) is 32.4 Å². The number of hydrogen-bond donors (Lipinski definition) is 0. The van der Waals surface area contributed by atoms with E-state index < -0.39 is 20.0 Å². The summed E-state index contributed by atoms with van der Waals surface area (Å²) in [6.07, 6.45) is 4.81. The maximum Gasteiger partial charge on any atom is 0.410 e. The number of likely N-dealkylation sites (tertiary alicyclic amines) is 1. The topological polar surface area (TPSA) is 84.9 Å². The fourth-order valence-electron chi connectivity index (χ4n) is 5.55. The van der Waals surface area contributed by atoms with Crippen molar-refractivity contribution in [3.8, 4) is 0 Å². The highest BCUT2D eigenvalue weighted by molar-refractivity contribution is 6.74. The molecule has 8 nitrogen and oxygen atoms in total. The molecule has 1 fully saturated rings. The minimum atomic E-state index is -2.28. The zero-order chi connectivity index (χ0) is 34.7. The number of amides is 2. The molecule has 2 amide bonds. The van der Waals surface area contributed by atoms with Crippen LogP contribution in [0, 0.1) is 0 Å². The van der Waals surface area contributed by atoms with Gasteiger partial charge in [-0.3, -0.25) is 9.69 Å². The van der Waals surface area contributed by atoms with Crippen LogP contribution in [0.4, 0.5) is 4.79 Å². The van der Waals surface area contributed by atoms with Gasteiger partial charge in [0.25, 0.3) is 5.91 Å². The van der Waals surface area contributed by atoms with Gasteiger partial charge in [0, 0.05) is 43.2 Å². The molecule has 0 radical (unpaired) electrons. The monoisotopic (exact) mass is 698 g/mol. The smallest absolute Gasteiger partial charge is 0.410 e.